The van der Waals surface area contributed by atoms with Crippen molar-refractivity contribution >= 4 is 0 Å². The first-order valence-corrected chi connectivity index (χ1v) is 7.00. The third-order valence-corrected chi connectivity index (χ3v) is 4.29. The fourth-order valence-electron chi connectivity index (χ4n) is 3.55. The minimum atomic E-state index is -0.0468. The fraction of sp³-hybridized carbons (Fsp3) is 1.00. The van der Waals surface area contributed by atoms with Crippen molar-refractivity contribution in [3.8, 4) is 0 Å². The van der Waals surface area contributed by atoms with Gasteiger partial charge in [-0.05, 0) is 32.6 Å². The van der Waals surface area contributed by atoms with E-state index in [4.69, 9.17) is 15.3 Å². The summed E-state index contributed by atoms with van der Waals surface area (Å²) in [7, 11) is 0. The maximum atomic E-state index is 6.10. The molecule has 0 aromatic heterocycles. The molecule has 0 radical (unpaired) electrons. The molecule has 2 rings (SSSR count). The van der Waals surface area contributed by atoms with Gasteiger partial charge in [-0.1, -0.05) is 12.8 Å². The van der Waals surface area contributed by atoms with E-state index in [1.807, 2.05) is 0 Å². The van der Waals surface area contributed by atoms with Crippen LogP contribution >= 0.6 is 0 Å². The van der Waals surface area contributed by atoms with E-state index in [1.54, 1.807) is 0 Å². The highest BCUT2D eigenvalue weighted by atomic mass is 16.5. The third-order valence-electron chi connectivity index (χ3n) is 4.29. The zero-order valence-corrected chi connectivity index (χ0v) is 10.9. The molecule has 1 saturated carbocycles. The van der Waals surface area contributed by atoms with Crippen LogP contribution in [-0.4, -0.2) is 31.5 Å². The predicted octanol–water partition coefficient (Wildman–Crippen LogP) is 1.59. The molecule has 1 aliphatic heterocycles. The molecule has 2 aliphatic rings. The molecule has 0 aromatic rings. The zero-order chi connectivity index (χ0) is 12.1. The summed E-state index contributed by atoms with van der Waals surface area (Å²) in [5.41, 5.74) is 2.99. The Kier molecular flexibility index (Phi) is 4.79. The maximum absolute atomic E-state index is 6.10. The van der Waals surface area contributed by atoms with Gasteiger partial charge in [0.1, 0.15) is 0 Å². The van der Waals surface area contributed by atoms with Crippen LogP contribution in [0.25, 0.3) is 0 Å². The Hall–Kier alpha value is -0.160. The lowest BCUT2D eigenvalue weighted by molar-refractivity contribution is -0.0927. The molecule has 100 valence electrons. The van der Waals surface area contributed by atoms with Crippen molar-refractivity contribution < 1.29 is 9.47 Å². The van der Waals surface area contributed by atoms with E-state index in [0.29, 0.717) is 5.92 Å². The molecule has 4 heteroatoms. The van der Waals surface area contributed by atoms with E-state index in [-0.39, 0.29) is 11.6 Å². The quantitative estimate of drug-likeness (QED) is 0.568. The van der Waals surface area contributed by atoms with Gasteiger partial charge in [-0.15, -0.1) is 0 Å². The molecule has 4 nitrogen and oxygen atoms in total. The molecule has 17 heavy (non-hydrogen) atoms. The second-order valence-corrected chi connectivity index (χ2v) is 5.33. The standard InChI is InChI=1S/C13H26N2O2/c1-2-17-13(7-3-4-8-13)12(15-14)11-6-5-9-16-10-11/h11-12,15H,2-10,14H2,1H3. The summed E-state index contributed by atoms with van der Waals surface area (Å²) in [6, 6.07) is 0.241. The summed E-state index contributed by atoms with van der Waals surface area (Å²) in [5.74, 6) is 6.31. The molecule has 0 amide bonds. The average molecular weight is 242 g/mol. The van der Waals surface area contributed by atoms with Gasteiger partial charge in [0.15, 0.2) is 0 Å². The van der Waals surface area contributed by atoms with Gasteiger partial charge in [0.05, 0.1) is 18.2 Å². The molecule has 2 unspecified atom stereocenters. The molecule has 2 fully saturated rings. The Labute approximate surface area is 104 Å². The average Bonchev–Trinajstić information content (AvgIpc) is 2.81. The van der Waals surface area contributed by atoms with Crippen LogP contribution < -0.4 is 11.3 Å². The van der Waals surface area contributed by atoms with Gasteiger partial charge < -0.3 is 9.47 Å². The minimum Gasteiger partial charge on any atom is -0.381 e. The number of hydrogen-bond donors (Lipinski definition) is 2. The first-order chi connectivity index (χ1) is 8.32. The first kappa shape index (κ1) is 13.3. The van der Waals surface area contributed by atoms with Crippen LogP contribution in [0.15, 0.2) is 0 Å². The van der Waals surface area contributed by atoms with Crippen molar-refractivity contribution in [1.29, 1.82) is 0 Å². The maximum Gasteiger partial charge on any atom is 0.0851 e. The Morgan fingerprint density at radius 3 is 2.71 bits per heavy atom. The second kappa shape index (κ2) is 6.14. The summed E-state index contributed by atoms with van der Waals surface area (Å²) < 4.78 is 11.7. The molecular weight excluding hydrogens is 216 g/mol. The Morgan fingerprint density at radius 1 is 1.41 bits per heavy atom. The highest BCUT2D eigenvalue weighted by molar-refractivity contribution is 4.99. The van der Waals surface area contributed by atoms with Crippen molar-refractivity contribution in [2.45, 2.75) is 57.1 Å². The smallest absolute Gasteiger partial charge is 0.0851 e. The van der Waals surface area contributed by atoms with Crippen LogP contribution in [0.2, 0.25) is 0 Å². The van der Waals surface area contributed by atoms with Gasteiger partial charge in [-0.2, -0.15) is 0 Å². The van der Waals surface area contributed by atoms with Gasteiger partial charge in [0, 0.05) is 19.1 Å². The van der Waals surface area contributed by atoms with Gasteiger partial charge in [0.2, 0.25) is 0 Å². The Balaban J connectivity index is 2.07. The van der Waals surface area contributed by atoms with E-state index in [2.05, 4.69) is 12.3 Å². The molecule has 1 aliphatic carbocycles. The largest absolute Gasteiger partial charge is 0.381 e. The highest BCUT2D eigenvalue weighted by Crippen LogP contribution is 2.40. The van der Waals surface area contributed by atoms with Crippen LogP contribution in [0.5, 0.6) is 0 Å². The van der Waals surface area contributed by atoms with Gasteiger partial charge in [-0.3, -0.25) is 11.3 Å². The van der Waals surface area contributed by atoms with E-state index >= 15 is 0 Å². The monoisotopic (exact) mass is 242 g/mol. The number of nitrogens with two attached hydrogens (primary N) is 1. The Morgan fingerprint density at radius 2 is 2.18 bits per heavy atom. The zero-order valence-electron chi connectivity index (χ0n) is 10.9. The number of hydrogen-bond acceptors (Lipinski definition) is 4. The number of nitrogens with one attached hydrogen (secondary N) is 1. The summed E-state index contributed by atoms with van der Waals surface area (Å²) in [6.07, 6.45) is 7.12. The van der Waals surface area contributed by atoms with E-state index in [1.165, 1.54) is 19.3 Å². The summed E-state index contributed by atoms with van der Waals surface area (Å²) in [5, 5.41) is 0. The molecule has 0 bridgehead atoms. The molecule has 1 saturated heterocycles. The van der Waals surface area contributed by atoms with E-state index in [9.17, 15) is 0 Å². The molecule has 3 N–H and O–H groups in total. The van der Waals surface area contributed by atoms with Gasteiger partial charge in [0.25, 0.3) is 0 Å². The van der Waals surface area contributed by atoms with Crippen LogP contribution in [0, 0.1) is 5.92 Å². The lowest BCUT2D eigenvalue weighted by Crippen LogP contribution is -2.58. The summed E-state index contributed by atoms with van der Waals surface area (Å²) in [6.45, 7) is 4.57. The number of hydrazine groups is 1. The van der Waals surface area contributed by atoms with Gasteiger partial charge in [-0.25, -0.2) is 0 Å². The van der Waals surface area contributed by atoms with E-state index in [0.717, 1.165) is 39.1 Å². The number of ether oxygens (including phenoxy) is 2. The molecule has 0 aromatic carbocycles. The van der Waals surface area contributed by atoms with Crippen LogP contribution in [0.4, 0.5) is 0 Å². The fourth-order valence-corrected chi connectivity index (χ4v) is 3.55. The molecule has 1 heterocycles. The molecule has 0 spiro atoms. The Bertz CT molecular complexity index is 223. The van der Waals surface area contributed by atoms with Crippen molar-refractivity contribution in [2.75, 3.05) is 19.8 Å². The van der Waals surface area contributed by atoms with Crippen LogP contribution in [-0.2, 0) is 9.47 Å². The molecule has 2 atom stereocenters. The van der Waals surface area contributed by atoms with Crippen molar-refractivity contribution in [2.24, 2.45) is 11.8 Å². The minimum absolute atomic E-state index is 0.0468. The lowest BCUT2D eigenvalue weighted by atomic mass is 9.80. The lowest BCUT2D eigenvalue weighted by Gasteiger charge is -2.42. The second-order valence-electron chi connectivity index (χ2n) is 5.33. The van der Waals surface area contributed by atoms with Crippen LogP contribution in [0.3, 0.4) is 0 Å². The summed E-state index contributed by atoms with van der Waals surface area (Å²) in [4.78, 5) is 0. The van der Waals surface area contributed by atoms with Gasteiger partial charge >= 0.3 is 0 Å². The predicted molar refractivity (Wildman–Crippen MR) is 67.5 cm³/mol. The third kappa shape index (κ3) is 2.81. The topological polar surface area (TPSA) is 56.5 Å². The highest BCUT2D eigenvalue weighted by Gasteiger charge is 2.45. The summed E-state index contributed by atoms with van der Waals surface area (Å²) >= 11 is 0. The van der Waals surface area contributed by atoms with Crippen molar-refractivity contribution in [1.82, 2.24) is 5.43 Å². The van der Waals surface area contributed by atoms with Crippen molar-refractivity contribution in [3.63, 3.8) is 0 Å². The molecular formula is C13H26N2O2. The van der Waals surface area contributed by atoms with E-state index < -0.39 is 0 Å². The SMILES string of the molecule is CCOC1(C(NN)C2CCCOC2)CCCC1. The number of rotatable bonds is 5. The van der Waals surface area contributed by atoms with Crippen molar-refractivity contribution in [3.05, 3.63) is 0 Å². The normalized spacial score (nSPS) is 30.4. The first-order valence-electron chi connectivity index (χ1n) is 7.00. The van der Waals surface area contributed by atoms with Crippen LogP contribution in [0.1, 0.15) is 45.4 Å².